The van der Waals surface area contributed by atoms with E-state index in [0.717, 1.165) is 12.0 Å². The number of hydrazone groups is 1. The van der Waals surface area contributed by atoms with E-state index in [2.05, 4.69) is 10.5 Å². The lowest BCUT2D eigenvalue weighted by atomic mass is 10.2. The van der Waals surface area contributed by atoms with Gasteiger partial charge in [-0.05, 0) is 90.3 Å². The lowest BCUT2D eigenvalue weighted by molar-refractivity contribution is 0.0734. The van der Waals surface area contributed by atoms with Crippen LogP contribution in [0.2, 0.25) is 5.02 Å². The van der Waals surface area contributed by atoms with Gasteiger partial charge in [0.2, 0.25) is 0 Å². The van der Waals surface area contributed by atoms with Crippen molar-refractivity contribution in [2.45, 2.75) is 20.0 Å². The first-order valence-electron chi connectivity index (χ1n) is 12.4. The Morgan fingerprint density at radius 2 is 1.54 bits per heavy atom. The van der Waals surface area contributed by atoms with Crippen molar-refractivity contribution in [3.05, 3.63) is 124 Å². The SMILES string of the molecule is CCCOc1ccc(C(=O)Oc2ccc(C=NNC(=O)c3ccccc3OCc3ccc(Cl)cc3)cc2)cc1. The van der Waals surface area contributed by atoms with Gasteiger partial charge < -0.3 is 14.2 Å². The smallest absolute Gasteiger partial charge is 0.343 e. The van der Waals surface area contributed by atoms with E-state index >= 15 is 0 Å². The molecule has 0 radical (unpaired) electrons. The molecule has 0 fully saturated rings. The van der Waals surface area contributed by atoms with Gasteiger partial charge in [-0.25, -0.2) is 10.2 Å². The van der Waals surface area contributed by atoms with Crippen molar-refractivity contribution in [1.82, 2.24) is 5.43 Å². The molecule has 0 aromatic heterocycles. The molecule has 4 rings (SSSR count). The van der Waals surface area contributed by atoms with E-state index in [4.69, 9.17) is 25.8 Å². The van der Waals surface area contributed by atoms with E-state index in [9.17, 15) is 9.59 Å². The third kappa shape index (κ3) is 8.18. The number of benzene rings is 4. The Kier molecular flexibility index (Phi) is 9.69. The molecular formula is C31H27ClN2O5. The number of amides is 1. The highest BCUT2D eigenvalue weighted by atomic mass is 35.5. The molecule has 0 bridgehead atoms. The van der Waals surface area contributed by atoms with Crippen LogP contribution in [0.5, 0.6) is 17.2 Å². The molecule has 0 aliphatic rings. The highest BCUT2D eigenvalue weighted by Gasteiger charge is 2.12. The summed E-state index contributed by atoms with van der Waals surface area (Å²) in [4.78, 5) is 25.1. The fourth-order valence-electron chi connectivity index (χ4n) is 3.44. The maximum Gasteiger partial charge on any atom is 0.343 e. The molecule has 1 amide bonds. The van der Waals surface area contributed by atoms with Gasteiger partial charge in [0.05, 0.1) is 23.9 Å². The lowest BCUT2D eigenvalue weighted by Crippen LogP contribution is -2.18. The summed E-state index contributed by atoms with van der Waals surface area (Å²) in [5, 5.41) is 4.68. The highest BCUT2D eigenvalue weighted by molar-refractivity contribution is 6.30. The standard InChI is InChI=1S/C31H27ClN2O5/c1-2-19-37-26-17-11-24(12-18-26)31(36)39-27-15-9-22(10-16-27)20-33-34-30(35)28-5-3-4-6-29(28)38-21-23-7-13-25(32)14-8-23/h3-18,20H,2,19,21H2,1H3,(H,34,35). The number of carbonyl (C=O) groups excluding carboxylic acids is 2. The Bertz CT molecular complexity index is 1420. The maximum atomic E-state index is 12.7. The van der Waals surface area contributed by atoms with Crippen molar-refractivity contribution in [2.75, 3.05) is 6.61 Å². The number of nitrogens with one attached hydrogen (secondary N) is 1. The Hall–Kier alpha value is -4.62. The number of esters is 1. The van der Waals surface area contributed by atoms with Crippen LogP contribution in [0, 0.1) is 0 Å². The van der Waals surface area contributed by atoms with Crippen LogP contribution in [-0.4, -0.2) is 24.7 Å². The summed E-state index contributed by atoms with van der Waals surface area (Å²) < 4.78 is 16.8. The van der Waals surface area contributed by atoms with Crippen LogP contribution >= 0.6 is 11.6 Å². The van der Waals surface area contributed by atoms with E-state index in [0.29, 0.717) is 52.2 Å². The maximum absolute atomic E-state index is 12.7. The molecular weight excluding hydrogens is 516 g/mol. The topological polar surface area (TPSA) is 86.2 Å². The van der Waals surface area contributed by atoms with Crippen molar-refractivity contribution in [3.63, 3.8) is 0 Å². The van der Waals surface area contributed by atoms with E-state index in [1.807, 2.05) is 19.1 Å². The average Bonchev–Trinajstić information content (AvgIpc) is 2.97. The molecule has 0 saturated heterocycles. The van der Waals surface area contributed by atoms with Gasteiger partial charge in [0, 0.05) is 5.02 Å². The number of ether oxygens (including phenoxy) is 3. The Balaban J connectivity index is 1.29. The van der Waals surface area contributed by atoms with Crippen LogP contribution in [0.15, 0.2) is 102 Å². The van der Waals surface area contributed by atoms with Crippen molar-refractivity contribution < 1.29 is 23.8 Å². The minimum atomic E-state index is -0.470. The van der Waals surface area contributed by atoms with Gasteiger partial charge in [0.15, 0.2) is 0 Å². The number of hydrogen-bond acceptors (Lipinski definition) is 6. The zero-order chi connectivity index (χ0) is 27.5. The Morgan fingerprint density at radius 3 is 2.26 bits per heavy atom. The van der Waals surface area contributed by atoms with Gasteiger partial charge in [0.1, 0.15) is 23.9 Å². The van der Waals surface area contributed by atoms with Crippen LogP contribution in [0.4, 0.5) is 0 Å². The second-order valence-corrected chi connectivity index (χ2v) is 8.88. The molecule has 0 saturated carbocycles. The van der Waals surface area contributed by atoms with Gasteiger partial charge in [-0.2, -0.15) is 5.10 Å². The summed E-state index contributed by atoms with van der Waals surface area (Å²) in [7, 11) is 0. The molecule has 7 nitrogen and oxygen atoms in total. The first-order chi connectivity index (χ1) is 19.0. The van der Waals surface area contributed by atoms with E-state index in [1.54, 1.807) is 84.9 Å². The third-order valence-corrected chi connectivity index (χ3v) is 5.72. The summed E-state index contributed by atoms with van der Waals surface area (Å²) in [5.74, 6) is 0.657. The summed E-state index contributed by atoms with van der Waals surface area (Å²) >= 11 is 5.92. The number of halogens is 1. The normalized spacial score (nSPS) is 10.7. The van der Waals surface area contributed by atoms with E-state index in [1.165, 1.54) is 6.21 Å². The average molecular weight is 543 g/mol. The molecule has 39 heavy (non-hydrogen) atoms. The van der Waals surface area contributed by atoms with Gasteiger partial charge in [-0.3, -0.25) is 4.79 Å². The lowest BCUT2D eigenvalue weighted by Gasteiger charge is -2.10. The van der Waals surface area contributed by atoms with Crippen LogP contribution in [0.3, 0.4) is 0 Å². The molecule has 0 aliphatic carbocycles. The molecule has 0 aliphatic heterocycles. The van der Waals surface area contributed by atoms with Crippen molar-refractivity contribution in [2.24, 2.45) is 5.10 Å². The summed E-state index contributed by atoms with van der Waals surface area (Å²) in [6.07, 6.45) is 2.40. The minimum Gasteiger partial charge on any atom is -0.494 e. The quantitative estimate of drug-likeness (QED) is 0.0987. The van der Waals surface area contributed by atoms with Gasteiger partial charge in [0.25, 0.3) is 5.91 Å². The number of rotatable bonds is 11. The molecule has 0 atom stereocenters. The highest BCUT2D eigenvalue weighted by Crippen LogP contribution is 2.20. The zero-order valence-electron chi connectivity index (χ0n) is 21.3. The van der Waals surface area contributed by atoms with Gasteiger partial charge >= 0.3 is 5.97 Å². The van der Waals surface area contributed by atoms with Crippen LogP contribution < -0.4 is 19.6 Å². The van der Waals surface area contributed by atoms with Crippen molar-refractivity contribution >= 4 is 29.7 Å². The Labute approximate surface area is 232 Å². The molecule has 198 valence electrons. The van der Waals surface area contributed by atoms with Crippen LogP contribution in [-0.2, 0) is 6.61 Å². The first-order valence-corrected chi connectivity index (χ1v) is 12.7. The molecule has 4 aromatic rings. The molecule has 0 spiro atoms. The van der Waals surface area contributed by atoms with Gasteiger partial charge in [-0.15, -0.1) is 0 Å². The van der Waals surface area contributed by atoms with E-state index < -0.39 is 11.9 Å². The monoisotopic (exact) mass is 542 g/mol. The Morgan fingerprint density at radius 1 is 0.846 bits per heavy atom. The summed E-state index contributed by atoms with van der Waals surface area (Å²) in [6, 6.07) is 27.8. The number of nitrogens with zero attached hydrogens (tertiary/aromatic N) is 1. The molecule has 8 heteroatoms. The van der Waals surface area contributed by atoms with Crippen molar-refractivity contribution in [3.8, 4) is 17.2 Å². The number of hydrogen-bond donors (Lipinski definition) is 1. The number of para-hydroxylation sites is 1. The predicted octanol–water partition coefficient (Wildman–Crippen LogP) is 6.69. The molecule has 0 heterocycles. The fraction of sp³-hybridized carbons (Fsp3) is 0.129. The van der Waals surface area contributed by atoms with E-state index in [-0.39, 0.29) is 0 Å². The third-order valence-electron chi connectivity index (χ3n) is 5.47. The fourth-order valence-corrected chi connectivity index (χ4v) is 3.57. The predicted molar refractivity (Wildman–Crippen MR) is 151 cm³/mol. The molecule has 4 aromatic carbocycles. The van der Waals surface area contributed by atoms with Crippen molar-refractivity contribution in [1.29, 1.82) is 0 Å². The first kappa shape index (κ1) is 27.4. The second kappa shape index (κ2) is 13.8. The molecule has 0 unspecified atom stereocenters. The minimum absolute atomic E-state index is 0.292. The second-order valence-electron chi connectivity index (χ2n) is 8.44. The summed E-state index contributed by atoms with van der Waals surface area (Å²) in [6.45, 7) is 2.94. The van der Waals surface area contributed by atoms with Crippen LogP contribution in [0.1, 0.15) is 45.2 Å². The van der Waals surface area contributed by atoms with Crippen LogP contribution in [0.25, 0.3) is 0 Å². The number of carbonyl (C=O) groups is 2. The largest absolute Gasteiger partial charge is 0.494 e. The summed E-state index contributed by atoms with van der Waals surface area (Å²) in [5.41, 5.74) is 4.93. The molecule has 1 N–H and O–H groups in total. The van der Waals surface area contributed by atoms with Gasteiger partial charge in [-0.1, -0.05) is 42.8 Å². The zero-order valence-corrected chi connectivity index (χ0v) is 22.1.